The van der Waals surface area contributed by atoms with E-state index < -0.39 is 0 Å². The summed E-state index contributed by atoms with van der Waals surface area (Å²) in [6, 6.07) is 65.5. The van der Waals surface area contributed by atoms with E-state index in [0.29, 0.717) is 0 Å². The van der Waals surface area contributed by atoms with E-state index in [1.54, 1.807) is 0 Å². The highest BCUT2D eigenvalue weighted by Gasteiger charge is 2.52. The normalized spacial score (nSPS) is 17.6. The van der Waals surface area contributed by atoms with Crippen molar-refractivity contribution >= 4 is 44.1 Å². The molecule has 1 aliphatic heterocycles. The smallest absolute Gasteiger partial charge is 0.147 e. The van der Waals surface area contributed by atoms with Crippen molar-refractivity contribution in [3.05, 3.63) is 220 Å². The zero-order valence-corrected chi connectivity index (χ0v) is 31.7. The molecular weight excluding hydrogens is 691 g/mol. The van der Waals surface area contributed by atoms with Crippen molar-refractivity contribution in [1.82, 2.24) is 9.88 Å². The van der Waals surface area contributed by atoms with E-state index in [1.165, 1.54) is 99.5 Å². The third kappa shape index (κ3) is 3.84. The Bertz CT molecular complexity index is 3270. The summed E-state index contributed by atoms with van der Waals surface area (Å²) in [6.45, 7) is 4.72. The first-order chi connectivity index (χ1) is 28.0. The van der Waals surface area contributed by atoms with E-state index in [0.717, 1.165) is 11.4 Å². The van der Waals surface area contributed by atoms with Gasteiger partial charge in [0.25, 0.3) is 0 Å². The summed E-state index contributed by atoms with van der Waals surface area (Å²) in [6.07, 6.45) is -0.311. The number of hydrogen-bond donors (Lipinski definition) is 1. The summed E-state index contributed by atoms with van der Waals surface area (Å²) in [5.74, 6) is 1.01. The zero-order valence-electron chi connectivity index (χ0n) is 31.7. The first-order valence-corrected chi connectivity index (χ1v) is 20.1. The molecule has 3 heteroatoms. The maximum Gasteiger partial charge on any atom is 0.147 e. The van der Waals surface area contributed by atoms with Gasteiger partial charge in [0.05, 0.1) is 22.1 Å². The Morgan fingerprint density at radius 3 is 1.72 bits per heavy atom. The predicted octanol–water partition coefficient (Wildman–Crippen LogP) is 12.5. The molecule has 8 aromatic carbocycles. The second kappa shape index (κ2) is 10.9. The van der Waals surface area contributed by atoms with Gasteiger partial charge in [0.1, 0.15) is 12.0 Å². The fraction of sp³-hybridized carbons (Fsp3) is 0.0926. The van der Waals surface area contributed by atoms with Crippen LogP contribution in [0.3, 0.4) is 0 Å². The molecule has 0 saturated carbocycles. The van der Waals surface area contributed by atoms with Crippen LogP contribution in [0.2, 0.25) is 0 Å². The molecule has 1 atom stereocenters. The lowest BCUT2D eigenvalue weighted by molar-refractivity contribution is 0.621. The van der Waals surface area contributed by atoms with Gasteiger partial charge in [0.2, 0.25) is 0 Å². The van der Waals surface area contributed by atoms with Crippen molar-refractivity contribution < 1.29 is 0 Å². The Hall–Kier alpha value is -6.97. The largest absolute Gasteiger partial charge is 0.359 e. The van der Waals surface area contributed by atoms with E-state index in [1.807, 2.05) is 0 Å². The summed E-state index contributed by atoms with van der Waals surface area (Å²) in [5.41, 5.74) is 18.5. The van der Waals surface area contributed by atoms with Crippen molar-refractivity contribution in [2.24, 2.45) is 4.99 Å². The van der Waals surface area contributed by atoms with Crippen LogP contribution in [0.25, 0.3) is 60.5 Å². The SMILES string of the molecule is CC1(C)C2=C(NC(c3ccc4c(c3)-c3ccccc3C43c4ccccc4-c4ccccc43)N=C2n2c3ccccc3c3cc4ccccc4cc32)c2ccccc21. The van der Waals surface area contributed by atoms with Crippen LogP contribution in [-0.4, -0.2) is 10.4 Å². The number of aromatic nitrogens is 1. The molecule has 0 bridgehead atoms. The minimum atomic E-state index is -0.373. The van der Waals surface area contributed by atoms with Gasteiger partial charge in [-0.1, -0.05) is 166 Å². The van der Waals surface area contributed by atoms with Crippen LogP contribution in [0.15, 0.2) is 186 Å². The summed E-state index contributed by atoms with van der Waals surface area (Å²) in [4.78, 5) is 5.85. The Morgan fingerprint density at radius 1 is 0.474 bits per heavy atom. The second-order valence-corrected chi connectivity index (χ2v) is 16.7. The van der Waals surface area contributed by atoms with Crippen LogP contribution in [0.5, 0.6) is 0 Å². The number of benzene rings is 8. The molecule has 1 N–H and O–H groups in total. The molecule has 1 unspecified atom stereocenters. The Kier molecular flexibility index (Phi) is 5.96. The molecule has 57 heavy (non-hydrogen) atoms. The quantitative estimate of drug-likeness (QED) is 0.179. The lowest BCUT2D eigenvalue weighted by Crippen LogP contribution is -2.34. The van der Waals surface area contributed by atoms with Crippen LogP contribution in [0, 0.1) is 0 Å². The number of fused-ring (bicyclic) bond motifs is 16. The molecule has 0 saturated heterocycles. The van der Waals surface area contributed by atoms with Gasteiger partial charge >= 0.3 is 0 Å². The van der Waals surface area contributed by atoms with Crippen molar-refractivity contribution in [2.75, 3.05) is 0 Å². The van der Waals surface area contributed by atoms with E-state index in [-0.39, 0.29) is 17.0 Å². The molecule has 2 heterocycles. The number of aliphatic imine (C=N–C) groups is 1. The summed E-state index contributed by atoms with van der Waals surface area (Å²) < 4.78 is 2.46. The summed E-state index contributed by atoms with van der Waals surface area (Å²) in [7, 11) is 0. The third-order valence-electron chi connectivity index (χ3n) is 13.6. The Morgan fingerprint density at radius 2 is 1.02 bits per heavy atom. The number of hydrogen-bond acceptors (Lipinski definition) is 2. The van der Waals surface area contributed by atoms with Crippen LogP contribution >= 0.6 is 0 Å². The van der Waals surface area contributed by atoms with Crippen molar-refractivity contribution in [2.45, 2.75) is 30.8 Å². The first kappa shape index (κ1) is 31.3. The molecule has 9 aromatic rings. The van der Waals surface area contributed by atoms with Crippen molar-refractivity contribution in [1.29, 1.82) is 0 Å². The molecule has 0 amide bonds. The molecule has 268 valence electrons. The minimum Gasteiger partial charge on any atom is -0.359 e. The molecule has 13 rings (SSSR count). The van der Waals surface area contributed by atoms with Crippen molar-refractivity contribution in [3.8, 4) is 22.3 Å². The van der Waals surface area contributed by atoms with Gasteiger partial charge in [-0.05, 0) is 90.7 Å². The fourth-order valence-corrected chi connectivity index (χ4v) is 11.2. The molecule has 3 nitrogen and oxygen atoms in total. The lowest BCUT2D eigenvalue weighted by Gasteiger charge is -2.32. The molecule has 4 aliphatic rings. The van der Waals surface area contributed by atoms with Gasteiger partial charge in [-0.3, -0.25) is 4.57 Å². The predicted molar refractivity (Wildman–Crippen MR) is 235 cm³/mol. The summed E-state index contributed by atoms with van der Waals surface area (Å²) in [5, 5.41) is 9.00. The lowest BCUT2D eigenvalue weighted by atomic mass is 9.70. The molecule has 0 radical (unpaired) electrons. The highest BCUT2D eigenvalue weighted by Crippen LogP contribution is 2.63. The van der Waals surface area contributed by atoms with Crippen LogP contribution in [-0.2, 0) is 10.8 Å². The Labute approximate surface area is 331 Å². The third-order valence-corrected chi connectivity index (χ3v) is 13.6. The maximum atomic E-state index is 5.85. The highest BCUT2D eigenvalue weighted by molar-refractivity contribution is 6.23. The molecular formula is C54H37N3. The summed E-state index contributed by atoms with van der Waals surface area (Å²) >= 11 is 0. The van der Waals surface area contributed by atoms with Gasteiger partial charge in [0.15, 0.2) is 0 Å². The number of rotatable bonds is 1. The number of nitrogens with one attached hydrogen (secondary N) is 1. The molecule has 1 spiro atoms. The average Bonchev–Trinajstić information content (AvgIpc) is 3.92. The van der Waals surface area contributed by atoms with Gasteiger partial charge in [-0.15, -0.1) is 0 Å². The minimum absolute atomic E-state index is 0.274. The van der Waals surface area contributed by atoms with E-state index in [4.69, 9.17) is 4.99 Å². The van der Waals surface area contributed by atoms with Gasteiger partial charge in [-0.2, -0.15) is 0 Å². The monoisotopic (exact) mass is 727 g/mol. The maximum absolute atomic E-state index is 5.85. The zero-order chi connectivity index (χ0) is 37.6. The van der Waals surface area contributed by atoms with Crippen LogP contribution in [0.1, 0.15) is 59.0 Å². The topological polar surface area (TPSA) is 29.3 Å². The molecule has 1 aromatic heterocycles. The van der Waals surface area contributed by atoms with Gasteiger partial charge in [-0.25, -0.2) is 4.99 Å². The fourth-order valence-electron chi connectivity index (χ4n) is 11.2. The number of para-hydroxylation sites is 1. The standard InChI is InChI=1S/C54H37N3/c1-53(2)42-22-10-8-21-39(42)50-49(53)52(57-47-26-14-9-20-38(47)41-29-32-15-3-4-16-33(32)31-48(41)57)56-51(55-50)34-27-28-46-40(30-34)37-19-7-13-25-45(37)54(46)43-23-11-5-17-35(43)36-18-6-12-24-44(36)54/h3-31,51,55H,1-2H3. The average molecular weight is 728 g/mol. The molecule has 3 aliphatic carbocycles. The highest BCUT2D eigenvalue weighted by atomic mass is 15.2. The van der Waals surface area contributed by atoms with Crippen LogP contribution in [0.4, 0.5) is 0 Å². The van der Waals surface area contributed by atoms with Gasteiger partial charge < -0.3 is 5.32 Å². The van der Waals surface area contributed by atoms with E-state index >= 15 is 0 Å². The first-order valence-electron chi connectivity index (χ1n) is 20.1. The van der Waals surface area contributed by atoms with Crippen LogP contribution < -0.4 is 5.32 Å². The van der Waals surface area contributed by atoms with Crippen molar-refractivity contribution in [3.63, 3.8) is 0 Å². The van der Waals surface area contributed by atoms with Gasteiger partial charge in [0, 0.05) is 27.3 Å². The second-order valence-electron chi connectivity index (χ2n) is 16.7. The number of allylic oxidation sites excluding steroid dienone is 1. The molecule has 0 fully saturated rings. The van der Waals surface area contributed by atoms with E-state index in [2.05, 4.69) is 200 Å². The number of nitrogens with zero attached hydrogens (tertiary/aromatic N) is 2. The van der Waals surface area contributed by atoms with E-state index in [9.17, 15) is 0 Å². The Balaban J connectivity index is 1.07.